The Morgan fingerprint density at radius 3 is 2.56 bits per heavy atom. The molecule has 0 saturated carbocycles. The van der Waals surface area contributed by atoms with Crippen LogP contribution in [0.2, 0.25) is 0 Å². The number of benzene rings is 1. The first-order chi connectivity index (χ1) is 7.86. The number of piperidine rings is 1. The summed E-state index contributed by atoms with van der Waals surface area (Å²) in [7, 11) is 0. The van der Waals surface area contributed by atoms with Gasteiger partial charge in [-0.3, -0.25) is 0 Å². The zero-order chi connectivity index (χ0) is 11.2. The second-order valence-electron chi connectivity index (χ2n) is 4.70. The number of nitrogens with one attached hydrogen (secondary N) is 1. The second-order valence-corrected chi connectivity index (χ2v) is 4.70. The van der Waals surface area contributed by atoms with Gasteiger partial charge in [0.25, 0.3) is 0 Å². The Morgan fingerprint density at radius 2 is 1.88 bits per heavy atom. The van der Waals surface area contributed by atoms with Crippen molar-refractivity contribution in [1.29, 1.82) is 0 Å². The van der Waals surface area contributed by atoms with Crippen LogP contribution in [0.3, 0.4) is 0 Å². The van der Waals surface area contributed by atoms with E-state index in [9.17, 15) is 0 Å². The van der Waals surface area contributed by atoms with E-state index in [4.69, 9.17) is 0 Å². The van der Waals surface area contributed by atoms with Crippen molar-refractivity contribution >= 4 is 5.57 Å². The van der Waals surface area contributed by atoms with E-state index in [1.54, 1.807) is 0 Å². The summed E-state index contributed by atoms with van der Waals surface area (Å²) in [4.78, 5) is 0. The van der Waals surface area contributed by atoms with E-state index in [0.29, 0.717) is 0 Å². The van der Waals surface area contributed by atoms with Crippen LogP contribution in [0.5, 0.6) is 0 Å². The number of rotatable bonds is 4. The molecule has 0 aromatic heterocycles. The van der Waals surface area contributed by atoms with Gasteiger partial charge in [-0.1, -0.05) is 36.9 Å². The minimum Gasteiger partial charge on any atom is -0.317 e. The molecule has 1 fully saturated rings. The molecule has 0 bridgehead atoms. The van der Waals surface area contributed by atoms with Gasteiger partial charge >= 0.3 is 0 Å². The van der Waals surface area contributed by atoms with E-state index in [0.717, 1.165) is 12.3 Å². The normalized spacial score (nSPS) is 17.2. The largest absolute Gasteiger partial charge is 0.317 e. The van der Waals surface area contributed by atoms with Gasteiger partial charge in [0.15, 0.2) is 0 Å². The van der Waals surface area contributed by atoms with Gasteiger partial charge in [-0.05, 0) is 55.8 Å². The third-order valence-corrected chi connectivity index (χ3v) is 3.50. The molecule has 0 amide bonds. The number of hydrogen-bond donors (Lipinski definition) is 1. The highest BCUT2D eigenvalue weighted by molar-refractivity contribution is 5.62. The van der Waals surface area contributed by atoms with E-state index in [1.807, 2.05) is 0 Å². The summed E-state index contributed by atoms with van der Waals surface area (Å²) in [6.45, 7) is 6.59. The predicted molar refractivity (Wildman–Crippen MR) is 70.3 cm³/mol. The Hall–Kier alpha value is -1.08. The average molecular weight is 215 g/mol. The van der Waals surface area contributed by atoms with Crippen LogP contribution in [0.4, 0.5) is 0 Å². The van der Waals surface area contributed by atoms with Crippen molar-refractivity contribution in [3.8, 4) is 0 Å². The highest BCUT2D eigenvalue weighted by Gasteiger charge is 2.12. The Labute approximate surface area is 98.6 Å². The highest BCUT2D eigenvalue weighted by atomic mass is 14.9. The molecule has 0 radical (unpaired) electrons. The summed E-state index contributed by atoms with van der Waals surface area (Å²) >= 11 is 0. The monoisotopic (exact) mass is 215 g/mol. The van der Waals surface area contributed by atoms with Crippen molar-refractivity contribution in [2.75, 3.05) is 13.1 Å². The van der Waals surface area contributed by atoms with E-state index >= 15 is 0 Å². The third kappa shape index (κ3) is 3.21. The zero-order valence-electron chi connectivity index (χ0n) is 9.91. The molecule has 1 aromatic carbocycles. The van der Waals surface area contributed by atoms with E-state index < -0.39 is 0 Å². The summed E-state index contributed by atoms with van der Waals surface area (Å²) in [5, 5.41) is 3.41. The minimum atomic E-state index is 0.904. The molecule has 1 saturated heterocycles. The molecular weight excluding hydrogens is 194 g/mol. The molecule has 0 aliphatic carbocycles. The zero-order valence-corrected chi connectivity index (χ0v) is 9.91. The average Bonchev–Trinajstić information content (AvgIpc) is 2.38. The SMILES string of the molecule is C=C(CCC1CCNCC1)c1ccccc1. The first kappa shape index (κ1) is 11.4. The van der Waals surface area contributed by atoms with Gasteiger partial charge in [-0.15, -0.1) is 0 Å². The molecule has 1 heteroatoms. The fourth-order valence-electron chi connectivity index (χ4n) is 2.37. The summed E-state index contributed by atoms with van der Waals surface area (Å²) in [5.41, 5.74) is 2.59. The van der Waals surface area contributed by atoms with E-state index in [1.165, 1.54) is 43.5 Å². The van der Waals surface area contributed by atoms with Crippen LogP contribution >= 0.6 is 0 Å². The first-order valence-electron chi connectivity index (χ1n) is 6.30. The maximum Gasteiger partial charge on any atom is -0.00463 e. The van der Waals surface area contributed by atoms with Gasteiger partial charge < -0.3 is 5.32 Å². The molecule has 1 N–H and O–H groups in total. The van der Waals surface area contributed by atoms with Crippen molar-refractivity contribution in [3.05, 3.63) is 42.5 Å². The van der Waals surface area contributed by atoms with E-state index in [-0.39, 0.29) is 0 Å². The maximum absolute atomic E-state index is 4.19. The maximum atomic E-state index is 4.19. The van der Waals surface area contributed by atoms with Crippen LogP contribution < -0.4 is 5.32 Å². The summed E-state index contributed by atoms with van der Waals surface area (Å²) in [5.74, 6) is 0.904. The Morgan fingerprint density at radius 1 is 1.19 bits per heavy atom. The van der Waals surface area contributed by atoms with Crippen LogP contribution in [0.15, 0.2) is 36.9 Å². The van der Waals surface area contributed by atoms with Crippen molar-refractivity contribution < 1.29 is 0 Å². The van der Waals surface area contributed by atoms with Crippen LogP contribution in [0, 0.1) is 5.92 Å². The van der Waals surface area contributed by atoms with Gasteiger partial charge in [-0.2, -0.15) is 0 Å². The third-order valence-electron chi connectivity index (χ3n) is 3.50. The molecule has 1 aliphatic heterocycles. The molecule has 1 nitrogen and oxygen atoms in total. The lowest BCUT2D eigenvalue weighted by Gasteiger charge is -2.22. The fraction of sp³-hybridized carbons (Fsp3) is 0.467. The minimum absolute atomic E-state index is 0.904. The van der Waals surface area contributed by atoms with Crippen molar-refractivity contribution in [1.82, 2.24) is 5.32 Å². The lowest BCUT2D eigenvalue weighted by molar-refractivity contribution is 0.357. The lowest BCUT2D eigenvalue weighted by Crippen LogP contribution is -2.27. The van der Waals surface area contributed by atoms with Crippen LogP contribution in [0.1, 0.15) is 31.2 Å². The predicted octanol–water partition coefficient (Wildman–Crippen LogP) is 3.48. The summed E-state index contributed by atoms with van der Waals surface area (Å²) < 4.78 is 0. The summed E-state index contributed by atoms with van der Waals surface area (Å²) in [6.07, 6.45) is 5.12. The molecule has 16 heavy (non-hydrogen) atoms. The van der Waals surface area contributed by atoms with Crippen molar-refractivity contribution in [2.45, 2.75) is 25.7 Å². The number of allylic oxidation sites excluding steroid dienone is 1. The topological polar surface area (TPSA) is 12.0 Å². The van der Waals surface area contributed by atoms with Crippen LogP contribution in [-0.4, -0.2) is 13.1 Å². The molecule has 0 unspecified atom stereocenters. The Bertz CT molecular complexity index is 323. The van der Waals surface area contributed by atoms with Gasteiger partial charge in [0.2, 0.25) is 0 Å². The molecule has 0 spiro atoms. The smallest absolute Gasteiger partial charge is 0.00463 e. The highest BCUT2D eigenvalue weighted by Crippen LogP contribution is 2.24. The first-order valence-corrected chi connectivity index (χ1v) is 6.30. The molecule has 0 atom stereocenters. The quantitative estimate of drug-likeness (QED) is 0.811. The Kier molecular flexibility index (Phi) is 4.17. The van der Waals surface area contributed by atoms with E-state index in [2.05, 4.69) is 42.2 Å². The lowest BCUT2D eigenvalue weighted by atomic mass is 9.90. The molecule has 86 valence electrons. The molecule has 1 aromatic rings. The second kappa shape index (κ2) is 5.86. The van der Waals surface area contributed by atoms with Crippen LogP contribution in [-0.2, 0) is 0 Å². The Balaban J connectivity index is 1.79. The molecule has 1 aliphatic rings. The van der Waals surface area contributed by atoms with Gasteiger partial charge in [0.1, 0.15) is 0 Å². The summed E-state index contributed by atoms with van der Waals surface area (Å²) in [6, 6.07) is 10.6. The molecule has 1 heterocycles. The van der Waals surface area contributed by atoms with Gasteiger partial charge in [0, 0.05) is 0 Å². The fourth-order valence-corrected chi connectivity index (χ4v) is 2.37. The van der Waals surface area contributed by atoms with Crippen molar-refractivity contribution in [2.24, 2.45) is 5.92 Å². The van der Waals surface area contributed by atoms with Gasteiger partial charge in [-0.25, -0.2) is 0 Å². The molecule has 2 rings (SSSR count). The van der Waals surface area contributed by atoms with Crippen LogP contribution in [0.25, 0.3) is 5.57 Å². The van der Waals surface area contributed by atoms with Crippen molar-refractivity contribution in [3.63, 3.8) is 0 Å². The van der Waals surface area contributed by atoms with Gasteiger partial charge in [0.05, 0.1) is 0 Å². The molecular formula is C15H21N. The number of hydrogen-bond acceptors (Lipinski definition) is 1. The standard InChI is InChI=1S/C15H21N/c1-13(15-5-3-2-4-6-15)7-8-14-9-11-16-12-10-14/h2-6,14,16H,1,7-12H2.